The largest absolute Gasteiger partial charge is 0.445 e. The molecule has 4 aromatic rings. The van der Waals surface area contributed by atoms with Gasteiger partial charge in [-0.3, -0.25) is 14.5 Å². The van der Waals surface area contributed by atoms with Gasteiger partial charge in [0.15, 0.2) is 6.29 Å². The van der Waals surface area contributed by atoms with Crippen LogP contribution >= 0.6 is 0 Å². The van der Waals surface area contributed by atoms with Crippen molar-refractivity contribution in [3.05, 3.63) is 131 Å². The van der Waals surface area contributed by atoms with Crippen molar-refractivity contribution in [1.82, 2.24) is 15.1 Å². The zero-order chi connectivity index (χ0) is 36.7. The number of benzene rings is 4. The molecular formula is C43H47N3O7. The van der Waals surface area contributed by atoms with Crippen LogP contribution in [0.3, 0.4) is 0 Å². The Bertz CT molecular complexity index is 1860. The van der Waals surface area contributed by atoms with Crippen molar-refractivity contribution in [2.45, 2.75) is 76.9 Å². The maximum atomic E-state index is 13.3. The molecule has 3 fully saturated rings. The van der Waals surface area contributed by atoms with Crippen LogP contribution in [0.15, 0.2) is 103 Å². The number of carbonyl (C=O) groups excluding carboxylic acids is 3. The first-order valence-corrected chi connectivity index (χ1v) is 18.6. The quantitative estimate of drug-likeness (QED) is 0.165. The molecule has 2 N–H and O–H groups in total. The molecule has 0 spiro atoms. The topological polar surface area (TPSA) is 118 Å². The van der Waals surface area contributed by atoms with Crippen LogP contribution in [0.5, 0.6) is 0 Å². The Labute approximate surface area is 310 Å². The van der Waals surface area contributed by atoms with E-state index < -0.39 is 24.3 Å². The fraction of sp³-hybridized carbons (Fsp3) is 0.372. The zero-order valence-corrected chi connectivity index (χ0v) is 30.1. The number of piperidine rings is 1. The van der Waals surface area contributed by atoms with Crippen LogP contribution in [0.1, 0.15) is 72.8 Å². The summed E-state index contributed by atoms with van der Waals surface area (Å²) in [4.78, 5) is 42.5. The van der Waals surface area contributed by atoms with Crippen molar-refractivity contribution in [3.63, 3.8) is 0 Å². The van der Waals surface area contributed by atoms with Gasteiger partial charge in [0.25, 0.3) is 5.91 Å². The first kappa shape index (κ1) is 36.5. The van der Waals surface area contributed by atoms with Crippen LogP contribution in [-0.4, -0.2) is 64.6 Å². The van der Waals surface area contributed by atoms with Gasteiger partial charge in [-0.05, 0) is 59.3 Å². The number of amides is 3. The molecule has 1 unspecified atom stereocenters. The number of rotatable bonds is 11. The van der Waals surface area contributed by atoms with Crippen molar-refractivity contribution in [2.24, 2.45) is 5.92 Å². The Balaban J connectivity index is 1.04. The van der Waals surface area contributed by atoms with E-state index in [1.54, 1.807) is 0 Å². The van der Waals surface area contributed by atoms with Crippen LogP contribution in [-0.2, 0) is 43.6 Å². The van der Waals surface area contributed by atoms with Crippen molar-refractivity contribution >= 4 is 17.9 Å². The minimum atomic E-state index is -0.981. The molecule has 3 amide bonds. The summed E-state index contributed by atoms with van der Waals surface area (Å²) < 4.78 is 18.7. The van der Waals surface area contributed by atoms with Gasteiger partial charge in [0.2, 0.25) is 5.91 Å². The van der Waals surface area contributed by atoms with Gasteiger partial charge in [-0.25, -0.2) is 4.79 Å². The second kappa shape index (κ2) is 16.9. The number of aliphatic hydroxyl groups is 1. The maximum absolute atomic E-state index is 13.3. The number of imide groups is 1. The van der Waals surface area contributed by atoms with Gasteiger partial charge in [-0.2, -0.15) is 0 Å². The van der Waals surface area contributed by atoms with Crippen LogP contribution in [0.25, 0.3) is 11.1 Å². The van der Waals surface area contributed by atoms with E-state index in [1.807, 2.05) is 103 Å². The van der Waals surface area contributed by atoms with Crippen molar-refractivity contribution in [3.8, 4) is 11.1 Å². The SMILES string of the molecule is C[C@@H]1[C@H](CN2CCCCC2)O[C@H](c2ccc(-c3ccccc3CN3C(=O)CC(NC(=O)OCc4ccccc4)C3=O)cc2)O[C@@H]1c1ccc(CO)cc1. The Morgan fingerprint density at radius 3 is 2.26 bits per heavy atom. The number of nitrogens with one attached hydrogen (secondary N) is 1. The molecule has 3 aliphatic heterocycles. The number of likely N-dealkylation sites (tertiary alicyclic amines) is 2. The Morgan fingerprint density at radius 2 is 1.53 bits per heavy atom. The minimum Gasteiger partial charge on any atom is -0.445 e. The van der Waals surface area contributed by atoms with Gasteiger partial charge >= 0.3 is 6.09 Å². The van der Waals surface area contributed by atoms with E-state index in [4.69, 9.17) is 14.2 Å². The number of alkyl carbamates (subject to hydrolysis) is 1. The van der Waals surface area contributed by atoms with Gasteiger partial charge in [0.1, 0.15) is 12.6 Å². The van der Waals surface area contributed by atoms with Gasteiger partial charge in [0, 0.05) is 18.0 Å². The van der Waals surface area contributed by atoms with Gasteiger partial charge in [-0.1, -0.05) is 116 Å². The van der Waals surface area contributed by atoms with E-state index in [1.165, 1.54) is 24.2 Å². The molecule has 4 aromatic carbocycles. The average Bonchev–Trinajstić information content (AvgIpc) is 3.46. The third-order valence-corrected chi connectivity index (χ3v) is 10.6. The summed E-state index contributed by atoms with van der Waals surface area (Å²) in [6, 6.07) is 32.0. The predicted octanol–water partition coefficient (Wildman–Crippen LogP) is 6.68. The third-order valence-electron chi connectivity index (χ3n) is 10.6. The lowest BCUT2D eigenvalue weighted by molar-refractivity contribution is -0.276. The molecular weight excluding hydrogens is 670 g/mol. The van der Waals surface area contributed by atoms with E-state index in [0.717, 1.165) is 58.6 Å². The lowest BCUT2D eigenvalue weighted by atomic mass is 9.89. The highest BCUT2D eigenvalue weighted by Crippen LogP contribution is 2.42. The first-order valence-electron chi connectivity index (χ1n) is 18.6. The number of hydrogen-bond acceptors (Lipinski definition) is 8. The van der Waals surface area contributed by atoms with Crippen LogP contribution in [0, 0.1) is 5.92 Å². The number of aliphatic hydroxyl groups excluding tert-OH is 1. The molecule has 5 atom stereocenters. The molecule has 0 aliphatic carbocycles. The summed E-state index contributed by atoms with van der Waals surface area (Å²) in [5, 5.41) is 12.2. The number of carbonyl (C=O) groups is 3. The van der Waals surface area contributed by atoms with Gasteiger partial charge < -0.3 is 29.5 Å². The Hall–Kier alpha value is -4.87. The molecule has 0 aromatic heterocycles. The monoisotopic (exact) mass is 717 g/mol. The Kier molecular flexibility index (Phi) is 11.6. The normalized spacial score (nSPS) is 23.6. The fourth-order valence-electron chi connectivity index (χ4n) is 7.52. The van der Waals surface area contributed by atoms with E-state index in [2.05, 4.69) is 17.1 Å². The first-order chi connectivity index (χ1) is 25.9. The van der Waals surface area contributed by atoms with E-state index in [-0.39, 0.29) is 50.2 Å². The lowest BCUT2D eigenvalue weighted by Crippen LogP contribution is -2.45. The summed E-state index contributed by atoms with van der Waals surface area (Å²) in [7, 11) is 0. The van der Waals surface area contributed by atoms with Crippen LogP contribution in [0.2, 0.25) is 0 Å². The van der Waals surface area contributed by atoms with Crippen molar-refractivity contribution in [2.75, 3.05) is 19.6 Å². The molecule has 0 radical (unpaired) electrons. The third kappa shape index (κ3) is 8.69. The second-order valence-corrected chi connectivity index (χ2v) is 14.2. The van der Waals surface area contributed by atoms with Gasteiger partial charge in [0.05, 0.1) is 31.8 Å². The van der Waals surface area contributed by atoms with Crippen LogP contribution in [0.4, 0.5) is 4.79 Å². The average molecular weight is 718 g/mol. The highest BCUT2D eigenvalue weighted by atomic mass is 16.7. The number of nitrogens with zero attached hydrogens (tertiary/aromatic N) is 2. The lowest BCUT2D eigenvalue weighted by Gasteiger charge is -2.43. The Morgan fingerprint density at radius 1 is 0.830 bits per heavy atom. The highest BCUT2D eigenvalue weighted by Gasteiger charge is 2.41. The molecule has 276 valence electrons. The highest BCUT2D eigenvalue weighted by molar-refractivity contribution is 6.06. The van der Waals surface area contributed by atoms with Gasteiger partial charge in [-0.15, -0.1) is 0 Å². The number of hydrogen-bond donors (Lipinski definition) is 2. The fourth-order valence-corrected chi connectivity index (χ4v) is 7.52. The molecule has 0 saturated carbocycles. The number of ether oxygens (including phenoxy) is 3. The summed E-state index contributed by atoms with van der Waals surface area (Å²) in [6.07, 6.45) is 2.03. The molecule has 10 nitrogen and oxygen atoms in total. The summed E-state index contributed by atoms with van der Waals surface area (Å²) in [6.45, 7) is 5.33. The molecule has 7 rings (SSSR count). The standard InChI is InChI=1S/C43H47N3O7/c1-29-38(26-45-22-8-3-9-23-45)52-42(53-40(29)33-16-14-30(27-47)15-17-33)34-20-18-32(19-21-34)36-13-7-6-12-35(36)25-46-39(48)24-37(41(46)49)44-43(50)51-28-31-10-4-2-5-11-31/h2,4-7,10-21,29,37-38,40,42,47H,3,8-9,22-28H2,1H3,(H,44,50)/t29-,37?,38+,40+,42+/m1/s1. The van der Waals surface area contributed by atoms with E-state index in [0.29, 0.717) is 0 Å². The second-order valence-electron chi connectivity index (χ2n) is 14.2. The van der Waals surface area contributed by atoms with Crippen molar-refractivity contribution in [1.29, 1.82) is 0 Å². The summed E-state index contributed by atoms with van der Waals surface area (Å²) in [5.74, 6) is -0.698. The van der Waals surface area contributed by atoms with Crippen LogP contribution < -0.4 is 5.32 Å². The summed E-state index contributed by atoms with van der Waals surface area (Å²) >= 11 is 0. The zero-order valence-electron chi connectivity index (χ0n) is 30.1. The van der Waals surface area contributed by atoms with E-state index >= 15 is 0 Å². The molecule has 0 bridgehead atoms. The molecule has 53 heavy (non-hydrogen) atoms. The summed E-state index contributed by atoms with van der Waals surface area (Å²) in [5.41, 5.74) is 6.26. The maximum Gasteiger partial charge on any atom is 0.408 e. The smallest absolute Gasteiger partial charge is 0.408 e. The molecule has 3 aliphatic rings. The molecule has 3 heterocycles. The minimum absolute atomic E-state index is 0.00542. The van der Waals surface area contributed by atoms with Crippen molar-refractivity contribution < 1.29 is 33.7 Å². The molecule has 3 saturated heterocycles. The van der Waals surface area contributed by atoms with E-state index in [9.17, 15) is 19.5 Å². The predicted molar refractivity (Wildman–Crippen MR) is 199 cm³/mol. The molecule has 10 heteroatoms.